The van der Waals surface area contributed by atoms with E-state index in [0.29, 0.717) is 11.3 Å². The van der Waals surface area contributed by atoms with Gasteiger partial charge in [-0.15, -0.1) is 0 Å². The van der Waals surface area contributed by atoms with Crippen molar-refractivity contribution in [1.82, 2.24) is 10.6 Å². The van der Waals surface area contributed by atoms with E-state index in [0.717, 1.165) is 12.1 Å². The van der Waals surface area contributed by atoms with Gasteiger partial charge in [0.2, 0.25) is 5.91 Å². The van der Waals surface area contributed by atoms with E-state index in [9.17, 15) is 9.59 Å². The highest BCUT2D eigenvalue weighted by atomic mass is 16.2. The van der Waals surface area contributed by atoms with Crippen LogP contribution < -0.4 is 16.0 Å². The molecule has 0 atom stereocenters. The third-order valence-electron chi connectivity index (χ3n) is 2.62. The van der Waals surface area contributed by atoms with Crippen molar-refractivity contribution in [1.29, 1.82) is 0 Å². The fourth-order valence-electron chi connectivity index (χ4n) is 1.58. The maximum atomic E-state index is 11.6. The van der Waals surface area contributed by atoms with Gasteiger partial charge in [-0.05, 0) is 31.2 Å². The number of anilines is 1. The number of carbonyl (C=O) groups is 2. The zero-order chi connectivity index (χ0) is 13.5. The third-order valence-corrected chi connectivity index (χ3v) is 2.62. The SMILES string of the molecule is CCNCC(=O)Nc1cccc(C(=O)NC)c1C. The summed E-state index contributed by atoms with van der Waals surface area (Å²) in [6, 6.07) is 5.26. The molecule has 0 unspecified atom stereocenters. The van der Waals surface area contributed by atoms with Crippen LogP contribution in [0, 0.1) is 6.92 Å². The lowest BCUT2D eigenvalue weighted by molar-refractivity contribution is -0.115. The molecule has 0 aliphatic rings. The van der Waals surface area contributed by atoms with Crippen LogP contribution >= 0.6 is 0 Å². The fraction of sp³-hybridized carbons (Fsp3) is 0.385. The van der Waals surface area contributed by atoms with E-state index in [4.69, 9.17) is 0 Å². The van der Waals surface area contributed by atoms with Gasteiger partial charge in [-0.3, -0.25) is 9.59 Å². The topological polar surface area (TPSA) is 70.2 Å². The second-order valence-electron chi connectivity index (χ2n) is 3.89. The highest BCUT2D eigenvalue weighted by Gasteiger charge is 2.11. The summed E-state index contributed by atoms with van der Waals surface area (Å²) in [5, 5.41) is 8.30. The van der Waals surface area contributed by atoms with Gasteiger partial charge in [0.05, 0.1) is 6.54 Å². The Morgan fingerprint density at radius 2 is 2.00 bits per heavy atom. The van der Waals surface area contributed by atoms with Gasteiger partial charge >= 0.3 is 0 Å². The quantitative estimate of drug-likeness (QED) is 0.726. The van der Waals surface area contributed by atoms with E-state index in [-0.39, 0.29) is 18.4 Å². The van der Waals surface area contributed by atoms with Gasteiger partial charge in [0.1, 0.15) is 0 Å². The largest absolute Gasteiger partial charge is 0.355 e. The van der Waals surface area contributed by atoms with Crippen LogP contribution in [0.3, 0.4) is 0 Å². The molecule has 0 bridgehead atoms. The second kappa shape index (κ2) is 6.76. The van der Waals surface area contributed by atoms with Crippen LogP contribution in [0.2, 0.25) is 0 Å². The fourth-order valence-corrected chi connectivity index (χ4v) is 1.58. The molecule has 0 fully saturated rings. The van der Waals surface area contributed by atoms with E-state index >= 15 is 0 Å². The van der Waals surface area contributed by atoms with Crippen LogP contribution in [0.5, 0.6) is 0 Å². The van der Waals surface area contributed by atoms with Crippen LogP contribution in [0.4, 0.5) is 5.69 Å². The number of amides is 2. The van der Waals surface area contributed by atoms with Crippen molar-refractivity contribution in [2.45, 2.75) is 13.8 Å². The molecule has 0 heterocycles. The summed E-state index contributed by atoms with van der Waals surface area (Å²) >= 11 is 0. The normalized spacial score (nSPS) is 9.94. The van der Waals surface area contributed by atoms with E-state index in [1.54, 1.807) is 25.2 Å². The third kappa shape index (κ3) is 3.56. The monoisotopic (exact) mass is 249 g/mol. The van der Waals surface area contributed by atoms with Crippen molar-refractivity contribution in [3.8, 4) is 0 Å². The molecule has 5 nitrogen and oxygen atoms in total. The van der Waals surface area contributed by atoms with Crippen LogP contribution in [0.1, 0.15) is 22.8 Å². The summed E-state index contributed by atoms with van der Waals surface area (Å²) in [5.74, 6) is -0.274. The molecule has 0 spiro atoms. The highest BCUT2D eigenvalue weighted by Crippen LogP contribution is 2.18. The van der Waals surface area contributed by atoms with E-state index in [1.165, 1.54) is 0 Å². The predicted molar refractivity (Wildman–Crippen MR) is 71.7 cm³/mol. The average Bonchev–Trinajstić information content (AvgIpc) is 2.38. The van der Waals surface area contributed by atoms with E-state index < -0.39 is 0 Å². The average molecular weight is 249 g/mol. The second-order valence-corrected chi connectivity index (χ2v) is 3.89. The first-order valence-electron chi connectivity index (χ1n) is 5.92. The van der Waals surface area contributed by atoms with Gasteiger partial charge in [0.15, 0.2) is 0 Å². The van der Waals surface area contributed by atoms with Gasteiger partial charge in [-0.25, -0.2) is 0 Å². The molecule has 3 N–H and O–H groups in total. The van der Waals surface area contributed by atoms with E-state index in [1.807, 2.05) is 13.8 Å². The molecular formula is C13H19N3O2. The standard InChI is InChI=1S/C13H19N3O2/c1-4-15-8-12(17)16-11-7-5-6-10(9(11)2)13(18)14-3/h5-7,15H,4,8H2,1-3H3,(H,14,18)(H,16,17). The van der Waals surface area contributed by atoms with Crippen LogP contribution in [0.15, 0.2) is 18.2 Å². The van der Waals surface area contributed by atoms with Crippen molar-refractivity contribution in [3.05, 3.63) is 29.3 Å². The summed E-state index contributed by atoms with van der Waals surface area (Å²) in [7, 11) is 1.58. The number of hydrogen-bond donors (Lipinski definition) is 3. The molecule has 0 saturated carbocycles. The highest BCUT2D eigenvalue weighted by molar-refractivity contribution is 5.99. The van der Waals surface area contributed by atoms with Gasteiger partial charge in [-0.1, -0.05) is 13.0 Å². The molecule has 0 aliphatic carbocycles. The number of benzene rings is 1. The Morgan fingerprint density at radius 3 is 2.61 bits per heavy atom. The zero-order valence-electron chi connectivity index (χ0n) is 11.0. The first-order valence-corrected chi connectivity index (χ1v) is 5.92. The first-order chi connectivity index (χ1) is 8.60. The molecule has 0 radical (unpaired) electrons. The van der Waals surface area contributed by atoms with Crippen molar-refractivity contribution in [3.63, 3.8) is 0 Å². The Morgan fingerprint density at radius 1 is 1.28 bits per heavy atom. The molecule has 0 saturated heterocycles. The maximum absolute atomic E-state index is 11.6. The van der Waals surface area contributed by atoms with Crippen molar-refractivity contribution in [2.24, 2.45) is 0 Å². The van der Waals surface area contributed by atoms with Crippen molar-refractivity contribution >= 4 is 17.5 Å². The van der Waals surface area contributed by atoms with Crippen LogP contribution in [-0.4, -0.2) is 32.0 Å². The summed E-state index contributed by atoms with van der Waals surface area (Å²) in [6.45, 7) is 4.75. The van der Waals surface area contributed by atoms with Crippen LogP contribution in [-0.2, 0) is 4.79 Å². The smallest absolute Gasteiger partial charge is 0.251 e. The lowest BCUT2D eigenvalue weighted by atomic mass is 10.1. The summed E-state index contributed by atoms with van der Waals surface area (Å²) < 4.78 is 0. The Bertz CT molecular complexity index is 444. The maximum Gasteiger partial charge on any atom is 0.251 e. The van der Waals surface area contributed by atoms with Gasteiger partial charge in [-0.2, -0.15) is 0 Å². The lowest BCUT2D eigenvalue weighted by Gasteiger charge is -2.11. The van der Waals surface area contributed by atoms with Crippen molar-refractivity contribution < 1.29 is 9.59 Å². The molecule has 1 aromatic carbocycles. The number of rotatable bonds is 5. The number of hydrogen-bond acceptors (Lipinski definition) is 3. The van der Waals surface area contributed by atoms with Gasteiger partial charge < -0.3 is 16.0 Å². The molecule has 1 aromatic rings. The Labute approximate surface area is 107 Å². The molecule has 1 rings (SSSR count). The molecule has 18 heavy (non-hydrogen) atoms. The Balaban J connectivity index is 2.84. The number of nitrogens with one attached hydrogen (secondary N) is 3. The summed E-state index contributed by atoms with van der Waals surface area (Å²) in [4.78, 5) is 23.2. The summed E-state index contributed by atoms with van der Waals surface area (Å²) in [5.41, 5.74) is 2.00. The predicted octanol–water partition coefficient (Wildman–Crippen LogP) is 0.903. The molecule has 2 amide bonds. The molecule has 0 aliphatic heterocycles. The Kier molecular flexibility index (Phi) is 5.32. The van der Waals surface area contributed by atoms with Crippen LogP contribution in [0.25, 0.3) is 0 Å². The Hall–Kier alpha value is -1.88. The molecule has 5 heteroatoms. The lowest BCUT2D eigenvalue weighted by Crippen LogP contribution is -2.28. The van der Waals surface area contributed by atoms with Gasteiger partial charge in [0.25, 0.3) is 5.91 Å². The number of likely N-dealkylation sites (N-methyl/N-ethyl adjacent to an activating group) is 1. The minimum Gasteiger partial charge on any atom is -0.355 e. The summed E-state index contributed by atoms with van der Waals surface area (Å²) in [6.07, 6.45) is 0. The number of carbonyl (C=O) groups excluding carboxylic acids is 2. The molecular weight excluding hydrogens is 230 g/mol. The van der Waals surface area contributed by atoms with E-state index in [2.05, 4.69) is 16.0 Å². The van der Waals surface area contributed by atoms with Crippen molar-refractivity contribution in [2.75, 3.05) is 25.5 Å². The minimum absolute atomic E-state index is 0.117. The van der Waals surface area contributed by atoms with Gasteiger partial charge in [0, 0.05) is 18.3 Å². The molecule has 0 aromatic heterocycles. The molecule has 98 valence electrons. The first kappa shape index (κ1) is 14.2. The minimum atomic E-state index is -0.157. The zero-order valence-corrected chi connectivity index (χ0v) is 11.0.